The molecule has 0 aromatic heterocycles. The summed E-state index contributed by atoms with van der Waals surface area (Å²) >= 11 is 5.62. The van der Waals surface area contributed by atoms with Crippen molar-refractivity contribution in [1.29, 1.82) is 0 Å². The fourth-order valence-electron chi connectivity index (χ4n) is 1.50. The highest BCUT2D eigenvalue weighted by atomic mass is 35.5. The molecule has 0 aromatic carbocycles. The second kappa shape index (κ2) is 4.63. The molecule has 0 radical (unpaired) electrons. The van der Waals surface area contributed by atoms with Crippen LogP contribution in [0.2, 0.25) is 0 Å². The van der Waals surface area contributed by atoms with Gasteiger partial charge in [0.2, 0.25) is 0 Å². The molecule has 0 spiro atoms. The summed E-state index contributed by atoms with van der Waals surface area (Å²) in [6, 6.07) is 0. The topological polar surface area (TPSA) is 29.5 Å². The Labute approximate surface area is 86.2 Å². The van der Waals surface area contributed by atoms with Crippen LogP contribution in [-0.4, -0.2) is 29.8 Å². The van der Waals surface area contributed by atoms with Gasteiger partial charge < -0.3 is 9.84 Å². The lowest BCUT2D eigenvalue weighted by Crippen LogP contribution is -2.38. The predicted molar refractivity (Wildman–Crippen MR) is 56.2 cm³/mol. The summed E-state index contributed by atoms with van der Waals surface area (Å²) < 4.78 is 5.31. The third kappa shape index (κ3) is 4.30. The first-order valence-corrected chi connectivity index (χ1v) is 5.08. The van der Waals surface area contributed by atoms with Gasteiger partial charge in [-0.3, -0.25) is 0 Å². The zero-order valence-electron chi connectivity index (χ0n) is 9.22. The van der Waals surface area contributed by atoms with Crippen molar-refractivity contribution in [3.8, 4) is 0 Å². The summed E-state index contributed by atoms with van der Waals surface area (Å²) in [7, 11) is 1.68. The van der Waals surface area contributed by atoms with Crippen molar-refractivity contribution in [2.24, 2.45) is 5.41 Å². The lowest BCUT2D eigenvalue weighted by atomic mass is 9.78. The van der Waals surface area contributed by atoms with Gasteiger partial charge in [0.1, 0.15) is 0 Å². The molecule has 0 aliphatic heterocycles. The van der Waals surface area contributed by atoms with Gasteiger partial charge in [-0.1, -0.05) is 13.8 Å². The van der Waals surface area contributed by atoms with E-state index in [9.17, 15) is 5.11 Å². The van der Waals surface area contributed by atoms with Crippen LogP contribution in [0.4, 0.5) is 0 Å². The lowest BCUT2D eigenvalue weighted by Gasteiger charge is -2.36. The van der Waals surface area contributed by atoms with Gasteiger partial charge in [-0.25, -0.2) is 0 Å². The average molecular weight is 209 g/mol. The van der Waals surface area contributed by atoms with Gasteiger partial charge in [0.15, 0.2) is 0 Å². The Hall–Kier alpha value is 0.210. The van der Waals surface area contributed by atoms with Gasteiger partial charge in [-0.2, -0.15) is 0 Å². The van der Waals surface area contributed by atoms with Gasteiger partial charge >= 0.3 is 0 Å². The van der Waals surface area contributed by atoms with E-state index < -0.39 is 6.10 Å². The van der Waals surface area contributed by atoms with Crippen LogP contribution in [0, 0.1) is 5.41 Å². The number of rotatable bonds is 5. The largest absolute Gasteiger partial charge is 0.391 e. The minimum absolute atomic E-state index is 0.207. The molecule has 3 heteroatoms. The molecule has 0 saturated heterocycles. The molecule has 0 unspecified atom stereocenters. The van der Waals surface area contributed by atoms with E-state index in [-0.39, 0.29) is 16.9 Å². The number of halogens is 1. The van der Waals surface area contributed by atoms with E-state index >= 15 is 0 Å². The Kier molecular flexibility index (Phi) is 4.70. The molecule has 0 bridgehead atoms. The maximum Gasteiger partial charge on any atom is 0.0727 e. The number of hydrogen-bond acceptors (Lipinski definition) is 2. The SMILES string of the molecule is COC(C)(C)CC(C)(C)[C@H](O)CCl. The molecule has 0 fully saturated rings. The first kappa shape index (κ1) is 13.2. The number of aliphatic hydroxyl groups excluding tert-OH is 1. The molecule has 0 aliphatic carbocycles. The van der Waals surface area contributed by atoms with E-state index in [0.717, 1.165) is 6.42 Å². The first-order chi connectivity index (χ1) is 5.75. The van der Waals surface area contributed by atoms with Crippen LogP contribution in [-0.2, 0) is 4.74 Å². The maximum absolute atomic E-state index is 9.66. The maximum atomic E-state index is 9.66. The summed E-state index contributed by atoms with van der Waals surface area (Å²) in [6.45, 7) is 8.02. The molecule has 13 heavy (non-hydrogen) atoms. The van der Waals surface area contributed by atoms with E-state index in [1.54, 1.807) is 7.11 Å². The van der Waals surface area contributed by atoms with Gasteiger partial charge in [0.25, 0.3) is 0 Å². The second-order valence-electron chi connectivity index (χ2n) is 4.80. The highest BCUT2D eigenvalue weighted by Crippen LogP contribution is 2.33. The molecule has 2 nitrogen and oxygen atoms in total. The molecular weight excluding hydrogens is 188 g/mol. The lowest BCUT2D eigenvalue weighted by molar-refractivity contribution is -0.0449. The highest BCUT2D eigenvalue weighted by Gasteiger charge is 2.33. The molecule has 80 valence electrons. The van der Waals surface area contributed by atoms with Crippen LogP contribution in [0.15, 0.2) is 0 Å². The van der Waals surface area contributed by atoms with Crippen molar-refractivity contribution in [3.05, 3.63) is 0 Å². The molecular formula is C10H21ClO2. The summed E-state index contributed by atoms with van der Waals surface area (Å²) in [4.78, 5) is 0. The van der Waals surface area contributed by atoms with Crippen molar-refractivity contribution >= 4 is 11.6 Å². The van der Waals surface area contributed by atoms with E-state index in [1.165, 1.54) is 0 Å². The molecule has 0 rings (SSSR count). The summed E-state index contributed by atoms with van der Waals surface area (Å²) in [5.74, 6) is 0.271. The van der Waals surface area contributed by atoms with E-state index in [1.807, 2.05) is 27.7 Å². The quantitative estimate of drug-likeness (QED) is 0.704. The molecule has 1 N–H and O–H groups in total. The van der Waals surface area contributed by atoms with E-state index in [2.05, 4.69) is 0 Å². The zero-order valence-corrected chi connectivity index (χ0v) is 9.98. The Morgan fingerprint density at radius 3 is 2.08 bits per heavy atom. The molecule has 0 amide bonds. The zero-order chi connectivity index (χ0) is 10.7. The van der Waals surface area contributed by atoms with Gasteiger partial charge in [0.05, 0.1) is 11.7 Å². The number of alkyl halides is 1. The van der Waals surface area contributed by atoms with Crippen LogP contribution in [0.25, 0.3) is 0 Å². The molecule has 0 heterocycles. The Morgan fingerprint density at radius 2 is 1.77 bits per heavy atom. The Morgan fingerprint density at radius 1 is 1.31 bits per heavy atom. The Balaban J connectivity index is 4.32. The number of ether oxygens (including phenoxy) is 1. The van der Waals surface area contributed by atoms with Crippen molar-refractivity contribution in [2.75, 3.05) is 13.0 Å². The van der Waals surface area contributed by atoms with Crippen LogP contribution >= 0.6 is 11.6 Å². The minimum Gasteiger partial charge on any atom is -0.391 e. The number of methoxy groups -OCH3 is 1. The normalized spacial score (nSPS) is 15.9. The summed E-state index contributed by atoms with van der Waals surface area (Å²) in [5.41, 5.74) is -0.419. The Bertz CT molecular complexity index is 155. The molecule has 0 saturated carbocycles. The van der Waals surface area contributed by atoms with Crippen LogP contribution < -0.4 is 0 Å². The average Bonchev–Trinajstić information content (AvgIpc) is 2.01. The van der Waals surface area contributed by atoms with Crippen molar-refractivity contribution in [3.63, 3.8) is 0 Å². The molecule has 0 aromatic rings. The van der Waals surface area contributed by atoms with Crippen LogP contribution in [0.5, 0.6) is 0 Å². The summed E-state index contributed by atoms with van der Waals surface area (Å²) in [6.07, 6.45) is 0.299. The van der Waals surface area contributed by atoms with E-state index in [4.69, 9.17) is 16.3 Å². The first-order valence-electron chi connectivity index (χ1n) is 4.54. The monoisotopic (exact) mass is 208 g/mol. The third-order valence-electron chi connectivity index (χ3n) is 2.48. The van der Waals surface area contributed by atoms with Gasteiger partial charge in [0, 0.05) is 13.0 Å². The van der Waals surface area contributed by atoms with Crippen molar-refractivity contribution in [2.45, 2.75) is 45.8 Å². The fourth-order valence-corrected chi connectivity index (χ4v) is 1.91. The van der Waals surface area contributed by atoms with Crippen molar-refractivity contribution < 1.29 is 9.84 Å². The van der Waals surface area contributed by atoms with Crippen LogP contribution in [0.1, 0.15) is 34.1 Å². The van der Waals surface area contributed by atoms with Gasteiger partial charge in [-0.05, 0) is 25.7 Å². The highest BCUT2D eigenvalue weighted by molar-refractivity contribution is 6.18. The molecule has 0 aliphatic rings. The third-order valence-corrected chi connectivity index (χ3v) is 2.77. The van der Waals surface area contributed by atoms with Crippen LogP contribution in [0.3, 0.4) is 0 Å². The predicted octanol–water partition coefficient (Wildman–Crippen LogP) is 2.43. The van der Waals surface area contributed by atoms with Gasteiger partial charge in [-0.15, -0.1) is 11.6 Å². The molecule has 1 atom stereocenters. The van der Waals surface area contributed by atoms with Crippen molar-refractivity contribution in [1.82, 2.24) is 0 Å². The van der Waals surface area contributed by atoms with E-state index in [0.29, 0.717) is 0 Å². The second-order valence-corrected chi connectivity index (χ2v) is 5.11. The smallest absolute Gasteiger partial charge is 0.0727 e. The fraction of sp³-hybridized carbons (Fsp3) is 1.00. The summed E-state index contributed by atoms with van der Waals surface area (Å²) in [5, 5.41) is 9.66. The standard InChI is InChI=1S/C10H21ClO2/c1-9(2,8(12)6-11)7-10(3,4)13-5/h8,12H,6-7H2,1-5H3/t8-/m1/s1. The number of aliphatic hydroxyl groups is 1. The number of hydrogen-bond donors (Lipinski definition) is 1. The minimum atomic E-state index is -0.483.